The van der Waals surface area contributed by atoms with Crippen molar-refractivity contribution in [3.8, 4) is 0 Å². The summed E-state index contributed by atoms with van der Waals surface area (Å²) in [6.07, 6.45) is 5.83. The van der Waals surface area contributed by atoms with Crippen molar-refractivity contribution in [3.63, 3.8) is 0 Å². The van der Waals surface area contributed by atoms with Crippen molar-refractivity contribution in [1.82, 2.24) is 5.32 Å². The van der Waals surface area contributed by atoms with E-state index in [4.69, 9.17) is 23.1 Å². The van der Waals surface area contributed by atoms with Crippen LogP contribution in [0.25, 0.3) is 10.8 Å². The van der Waals surface area contributed by atoms with Crippen molar-refractivity contribution in [2.24, 2.45) is 28.3 Å². The number of hydrogen-bond donors (Lipinski definition) is 4. The molecule has 4 aromatic carbocycles. The average molecular weight is 665 g/mol. The average Bonchev–Trinajstić information content (AvgIpc) is 3.08. The molecule has 0 spiro atoms. The van der Waals surface area contributed by atoms with Crippen LogP contribution in [0.2, 0.25) is 5.02 Å². The van der Waals surface area contributed by atoms with E-state index >= 15 is 0 Å². The lowest BCUT2D eigenvalue weighted by atomic mass is 9.82. The Morgan fingerprint density at radius 1 is 0.833 bits per heavy atom. The van der Waals surface area contributed by atoms with Gasteiger partial charge in [-0.3, -0.25) is 19.4 Å². The number of carbonyl (C=O) groups excluding carboxylic acids is 3. The van der Waals surface area contributed by atoms with E-state index in [1.807, 2.05) is 66.7 Å². The van der Waals surface area contributed by atoms with Crippen LogP contribution in [-0.2, 0) is 17.6 Å². The molecule has 9 nitrogen and oxygen atoms in total. The van der Waals surface area contributed by atoms with Crippen molar-refractivity contribution in [2.45, 2.75) is 44.9 Å². The zero-order valence-electron chi connectivity index (χ0n) is 26.9. The Morgan fingerprint density at radius 2 is 1.52 bits per heavy atom. The molecule has 1 aliphatic carbocycles. The van der Waals surface area contributed by atoms with Gasteiger partial charge >= 0.3 is 0 Å². The second kappa shape index (κ2) is 14.9. The molecule has 4 aromatic rings. The second-order valence-corrected chi connectivity index (χ2v) is 13.2. The van der Waals surface area contributed by atoms with E-state index in [-0.39, 0.29) is 30.1 Å². The molecule has 1 saturated carbocycles. The minimum Gasteiger partial charge on any atom is -0.384 e. The van der Waals surface area contributed by atoms with Gasteiger partial charge in [-0.15, -0.1) is 0 Å². The molecule has 0 atom stereocenters. The largest absolute Gasteiger partial charge is 0.384 e. The summed E-state index contributed by atoms with van der Waals surface area (Å²) in [6.45, 7) is 2.01. The molecule has 10 heteroatoms. The molecule has 3 amide bonds. The van der Waals surface area contributed by atoms with Crippen molar-refractivity contribution in [1.29, 1.82) is 0 Å². The smallest absolute Gasteiger partial charge is 0.265 e. The van der Waals surface area contributed by atoms with Gasteiger partial charge in [0, 0.05) is 58.7 Å². The highest BCUT2D eigenvalue weighted by Crippen LogP contribution is 2.37. The maximum atomic E-state index is 13.9. The monoisotopic (exact) mass is 664 g/mol. The molecular formula is C38H41ClN6O3. The fourth-order valence-corrected chi connectivity index (χ4v) is 7.04. The fourth-order valence-electron chi connectivity index (χ4n) is 6.83. The van der Waals surface area contributed by atoms with Gasteiger partial charge in [-0.05, 0) is 104 Å². The number of aliphatic imine (C=N–C) groups is 1. The number of amides is 3. The van der Waals surface area contributed by atoms with E-state index in [9.17, 15) is 14.4 Å². The van der Waals surface area contributed by atoms with Gasteiger partial charge in [0.15, 0.2) is 5.96 Å². The number of benzene rings is 4. The first-order valence-corrected chi connectivity index (χ1v) is 17.0. The summed E-state index contributed by atoms with van der Waals surface area (Å²) in [6, 6.07) is 24.3. The predicted molar refractivity (Wildman–Crippen MR) is 193 cm³/mol. The quantitative estimate of drug-likeness (QED) is 0.0822. The standard InChI is InChI=1S/C38H41ClN6O3/c39-28-6-1-4-25(20-28)18-19-42-34(46)17-14-24-5-2-7-29(21-24)45-36(47)31-9-3-8-30-33(16-15-32(35(30)31)37(45)48)43-22-26-10-12-27(13-11-26)23-44-38(40)41/h1-9,15-16,20-21,26-27,43H,10-14,17-19,22-23H2,(H,42,46)(H4,40,41,44). The first-order chi connectivity index (χ1) is 23.3. The Morgan fingerprint density at radius 3 is 2.27 bits per heavy atom. The van der Waals surface area contributed by atoms with Crippen molar-refractivity contribution >= 4 is 57.4 Å². The lowest BCUT2D eigenvalue weighted by molar-refractivity contribution is -0.121. The van der Waals surface area contributed by atoms with Crippen molar-refractivity contribution in [2.75, 3.05) is 29.9 Å². The zero-order valence-corrected chi connectivity index (χ0v) is 27.6. The highest BCUT2D eigenvalue weighted by Gasteiger charge is 2.34. The molecule has 0 bridgehead atoms. The molecule has 0 aromatic heterocycles. The third-order valence-corrected chi connectivity index (χ3v) is 9.66. The Bertz CT molecular complexity index is 1840. The molecule has 0 unspecified atom stereocenters. The van der Waals surface area contributed by atoms with Crippen LogP contribution < -0.4 is 27.0 Å². The molecule has 6 N–H and O–H groups in total. The molecule has 1 fully saturated rings. The van der Waals surface area contributed by atoms with Crippen molar-refractivity contribution < 1.29 is 14.4 Å². The number of carbonyl (C=O) groups is 3. The Labute approximate surface area is 285 Å². The van der Waals surface area contributed by atoms with Crippen LogP contribution in [-0.4, -0.2) is 43.3 Å². The first kappa shape index (κ1) is 33.0. The Kier molecular flexibility index (Phi) is 10.3. The number of halogens is 1. The summed E-state index contributed by atoms with van der Waals surface area (Å²) >= 11 is 6.05. The van der Waals surface area contributed by atoms with Gasteiger partial charge in [0.2, 0.25) is 5.91 Å². The highest BCUT2D eigenvalue weighted by molar-refractivity contribution is 6.36. The third-order valence-electron chi connectivity index (χ3n) is 9.42. The normalized spacial score (nSPS) is 17.3. The van der Waals surface area contributed by atoms with E-state index in [0.29, 0.717) is 65.0 Å². The summed E-state index contributed by atoms with van der Waals surface area (Å²) < 4.78 is 0. The molecule has 0 radical (unpaired) electrons. The minimum atomic E-state index is -0.356. The van der Waals surface area contributed by atoms with Gasteiger partial charge in [0.1, 0.15) is 0 Å². The van der Waals surface area contributed by atoms with E-state index in [1.54, 1.807) is 12.1 Å². The van der Waals surface area contributed by atoms with Gasteiger partial charge in [-0.25, -0.2) is 4.90 Å². The zero-order chi connectivity index (χ0) is 33.6. The van der Waals surface area contributed by atoms with Crippen LogP contribution in [0, 0.1) is 11.8 Å². The number of hydrogen-bond acceptors (Lipinski definition) is 5. The number of nitrogens with two attached hydrogens (primary N) is 2. The van der Waals surface area contributed by atoms with Crippen LogP contribution in [0.5, 0.6) is 0 Å². The van der Waals surface area contributed by atoms with Gasteiger partial charge in [-0.2, -0.15) is 0 Å². The van der Waals surface area contributed by atoms with Gasteiger partial charge in [-0.1, -0.05) is 48.0 Å². The number of imide groups is 1. The maximum Gasteiger partial charge on any atom is 0.265 e. The molecule has 0 saturated heterocycles. The molecule has 1 heterocycles. The predicted octanol–water partition coefficient (Wildman–Crippen LogP) is 6.08. The molecule has 6 rings (SSSR count). The Balaban J connectivity index is 1.09. The van der Waals surface area contributed by atoms with Gasteiger partial charge in [0.05, 0.1) is 5.69 Å². The van der Waals surface area contributed by atoms with Gasteiger partial charge < -0.3 is 22.1 Å². The summed E-state index contributed by atoms with van der Waals surface area (Å²) in [7, 11) is 0. The maximum absolute atomic E-state index is 13.9. The van der Waals surface area contributed by atoms with Gasteiger partial charge in [0.25, 0.3) is 11.8 Å². The number of nitrogens with zero attached hydrogens (tertiary/aromatic N) is 2. The molecule has 48 heavy (non-hydrogen) atoms. The molecule has 248 valence electrons. The lowest BCUT2D eigenvalue weighted by Crippen LogP contribution is -2.40. The number of guanidine groups is 1. The summed E-state index contributed by atoms with van der Waals surface area (Å²) in [5.74, 6) is 0.412. The fraction of sp³-hybridized carbons (Fsp3) is 0.316. The van der Waals surface area contributed by atoms with Crippen LogP contribution in [0.1, 0.15) is 63.9 Å². The number of aryl methyl sites for hydroxylation is 1. The molecular weight excluding hydrogens is 624 g/mol. The van der Waals surface area contributed by atoms with Crippen LogP contribution in [0.4, 0.5) is 11.4 Å². The third kappa shape index (κ3) is 7.63. The highest BCUT2D eigenvalue weighted by atomic mass is 35.5. The lowest BCUT2D eigenvalue weighted by Gasteiger charge is -2.29. The van der Waals surface area contributed by atoms with E-state index in [0.717, 1.165) is 54.4 Å². The minimum absolute atomic E-state index is 0.0619. The van der Waals surface area contributed by atoms with Crippen molar-refractivity contribution in [3.05, 3.63) is 106 Å². The SMILES string of the molecule is NC(N)=NCC1CCC(CNc2ccc3c4c(cccc24)C(=O)N(c2cccc(CCC(=O)NCCc4cccc(Cl)c4)c2)C3=O)CC1. The Hall–Kier alpha value is -4.89. The van der Waals surface area contributed by atoms with E-state index in [2.05, 4.69) is 15.6 Å². The van der Waals surface area contributed by atoms with Crippen LogP contribution in [0.3, 0.4) is 0 Å². The first-order valence-electron chi connectivity index (χ1n) is 16.6. The topological polar surface area (TPSA) is 143 Å². The number of rotatable bonds is 12. The number of anilines is 2. The number of nitrogens with one attached hydrogen (secondary N) is 2. The van der Waals surface area contributed by atoms with Crippen LogP contribution in [0.15, 0.2) is 83.9 Å². The molecule has 2 aliphatic rings. The van der Waals surface area contributed by atoms with E-state index in [1.165, 1.54) is 4.90 Å². The van der Waals surface area contributed by atoms with Crippen LogP contribution >= 0.6 is 11.6 Å². The second-order valence-electron chi connectivity index (χ2n) is 12.8. The summed E-state index contributed by atoms with van der Waals surface area (Å²) in [4.78, 5) is 45.7. The molecule has 1 aliphatic heterocycles. The summed E-state index contributed by atoms with van der Waals surface area (Å²) in [5, 5.41) is 8.79. The summed E-state index contributed by atoms with van der Waals surface area (Å²) in [5.41, 5.74) is 15.3. The van der Waals surface area contributed by atoms with E-state index < -0.39 is 0 Å².